The van der Waals surface area contributed by atoms with Crippen molar-refractivity contribution in [3.63, 3.8) is 0 Å². The zero-order valence-corrected chi connectivity index (χ0v) is 18.0. The lowest BCUT2D eigenvalue weighted by Crippen LogP contribution is -2.04. The Morgan fingerprint density at radius 1 is 1.03 bits per heavy atom. The lowest BCUT2D eigenvalue weighted by atomic mass is 9.96. The van der Waals surface area contributed by atoms with E-state index >= 15 is 0 Å². The summed E-state index contributed by atoms with van der Waals surface area (Å²) < 4.78 is 6.02. The van der Waals surface area contributed by atoms with E-state index < -0.39 is 0 Å². The van der Waals surface area contributed by atoms with Gasteiger partial charge in [-0.2, -0.15) is 0 Å². The Morgan fingerprint density at radius 2 is 1.69 bits per heavy atom. The monoisotopic (exact) mass is 395 g/mol. The third-order valence-electron chi connectivity index (χ3n) is 4.79. The molecule has 0 aliphatic heterocycles. The maximum Gasteiger partial charge on any atom is 0.185 e. The van der Waals surface area contributed by atoms with Gasteiger partial charge in [0.15, 0.2) is 5.78 Å². The van der Waals surface area contributed by atoms with Crippen LogP contribution in [-0.2, 0) is 12.8 Å². The molecule has 4 nitrogen and oxygen atoms in total. The predicted molar refractivity (Wildman–Crippen MR) is 121 cm³/mol. The van der Waals surface area contributed by atoms with Crippen molar-refractivity contribution in [3.05, 3.63) is 58.7 Å². The van der Waals surface area contributed by atoms with Gasteiger partial charge in [-0.05, 0) is 72.9 Å². The first kappa shape index (κ1) is 22.5. The molecular weight excluding hydrogens is 362 g/mol. The number of aromatic hydroxyl groups is 1. The number of nitrogens with one attached hydrogen (secondary N) is 1. The third kappa shape index (κ3) is 5.86. The molecule has 2 aromatic carbocycles. The number of benzene rings is 2. The van der Waals surface area contributed by atoms with Crippen LogP contribution in [0, 0.1) is 0 Å². The Bertz CT molecular complexity index is 838. The van der Waals surface area contributed by atoms with E-state index in [-0.39, 0.29) is 11.5 Å². The molecule has 0 bridgehead atoms. The molecule has 2 rings (SSSR count). The zero-order chi connectivity index (χ0) is 21.2. The number of ketones is 1. The van der Waals surface area contributed by atoms with Gasteiger partial charge >= 0.3 is 0 Å². The average molecular weight is 396 g/mol. The summed E-state index contributed by atoms with van der Waals surface area (Å²) in [5.74, 6) is 0.805. The van der Waals surface area contributed by atoms with Crippen LogP contribution in [0.5, 0.6) is 11.5 Å². The summed E-state index contributed by atoms with van der Waals surface area (Å²) in [6.07, 6.45) is 7.68. The second-order valence-electron chi connectivity index (χ2n) is 7.16. The van der Waals surface area contributed by atoms with Gasteiger partial charge in [0.25, 0.3) is 0 Å². The highest BCUT2D eigenvalue weighted by Gasteiger charge is 2.17. The lowest BCUT2D eigenvalue weighted by Gasteiger charge is -2.18. The number of carbonyl (C=O) groups is 1. The maximum atomic E-state index is 12.6. The van der Waals surface area contributed by atoms with E-state index in [1.807, 2.05) is 19.2 Å². The van der Waals surface area contributed by atoms with Crippen molar-refractivity contribution in [3.8, 4) is 11.5 Å². The first-order valence-electron chi connectivity index (χ1n) is 10.6. The summed E-state index contributed by atoms with van der Waals surface area (Å²) in [6, 6.07) is 9.39. The van der Waals surface area contributed by atoms with Gasteiger partial charge in [0.2, 0.25) is 0 Å². The van der Waals surface area contributed by atoms with E-state index in [4.69, 9.17) is 4.74 Å². The number of ether oxygens (including phenoxy) is 1. The topological polar surface area (TPSA) is 58.6 Å². The van der Waals surface area contributed by atoms with Crippen LogP contribution < -0.4 is 10.1 Å². The minimum Gasteiger partial charge on any atom is -0.507 e. The SMILES string of the molecule is CCCOc1c(CCC)cc(CCC)c(O)c1/C=C/C(=O)c1ccc(NC)cc1. The van der Waals surface area contributed by atoms with Gasteiger partial charge in [-0.15, -0.1) is 0 Å². The predicted octanol–water partition coefficient (Wildman–Crippen LogP) is 6.02. The van der Waals surface area contributed by atoms with Crippen molar-refractivity contribution in [2.45, 2.75) is 52.9 Å². The minimum atomic E-state index is -0.105. The van der Waals surface area contributed by atoms with Crippen LogP contribution in [-0.4, -0.2) is 24.5 Å². The van der Waals surface area contributed by atoms with Gasteiger partial charge in [-0.25, -0.2) is 0 Å². The standard InChI is InChI=1S/C25H33NO3/c1-5-8-19-17-20(9-6-2)25(29-16-7-3)22(24(19)28)14-15-23(27)18-10-12-21(26-4)13-11-18/h10-15,17,26,28H,5-9,16H2,1-4H3/b15-14+. The van der Waals surface area contributed by atoms with E-state index in [9.17, 15) is 9.90 Å². The van der Waals surface area contributed by atoms with Crippen LogP contribution in [0.25, 0.3) is 6.08 Å². The molecule has 29 heavy (non-hydrogen) atoms. The maximum absolute atomic E-state index is 12.6. The molecule has 0 aliphatic carbocycles. The Morgan fingerprint density at radius 3 is 2.28 bits per heavy atom. The second-order valence-corrected chi connectivity index (χ2v) is 7.16. The van der Waals surface area contributed by atoms with E-state index in [1.165, 1.54) is 6.08 Å². The first-order valence-corrected chi connectivity index (χ1v) is 10.6. The molecule has 0 saturated heterocycles. The summed E-state index contributed by atoms with van der Waals surface area (Å²) in [5.41, 5.74) is 4.16. The number of aryl methyl sites for hydroxylation is 2. The summed E-state index contributed by atoms with van der Waals surface area (Å²) in [4.78, 5) is 12.6. The molecule has 156 valence electrons. The van der Waals surface area contributed by atoms with Gasteiger partial charge < -0.3 is 15.2 Å². The molecule has 0 heterocycles. The molecule has 0 unspecified atom stereocenters. The molecule has 0 atom stereocenters. The van der Waals surface area contributed by atoms with Crippen LogP contribution >= 0.6 is 0 Å². The molecule has 0 aliphatic rings. The highest BCUT2D eigenvalue weighted by Crippen LogP contribution is 2.38. The summed E-state index contributed by atoms with van der Waals surface area (Å²) in [7, 11) is 1.84. The van der Waals surface area contributed by atoms with Crippen LogP contribution in [0.15, 0.2) is 36.4 Å². The van der Waals surface area contributed by atoms with Gasteiger partial charge in [0.05, 0.1) is 12.2 Å². The number of hydrogen-bond donors (Lipinski definition) is 2. The van der Waals surface area contributed by atoms with Crippen molar-refractivity contribution in [2.24, 2.45) is 0 Å². The smallest absolute Gasteiger partial charge is 0.185 e. The minimum absolute atomic E-state index is 0.105. The van der Waals surface area contributed by atoms with E-state index in [2.05, 4.69) is 32.2 Å². The lowest BCUT2D eigenvalue weighted by molar-refractivity contribution is 0.104. The van der Waals surface area contributed by atoms with Gasteiger partial charge in [0.1, 0.15) is 11.5 Å². The van der Waals surface area contributed by atoms with Crippen LogP contribution in [0.2, 0.25) is 0 Å². The molecule has 0 saturated carbocycles. The Kier molecular flexibility index (Phi) is 8.78. The van der Waals surface area contributed by atoms with Crippen molar-refractivity contribution in [2.75, 3.05) is 19.0 Å². The quantitative estimate of drug-likeness (QED) is 0.361. The summed E-state index contributed by atoms with van der Waals surface area (Å²) >= 11 is 0. The van der Waals surface area contributed by atoms with Crippen molar-refractivity contribution >= 4 is 17.5 Å². The molecule has 0 spiro atoms. The largest absolute Gasteiger partial charge is 0.507 e. The number of rotatable bonds is 11. The number of phenolic OH excluding ortho intramolecular Hbond substituents is 1. The molecule has 4 heteroatoms. The molecular formula is C25H33NO3. The summed E-state index contributed by atoms with van der Waals surface area (Å²) in [6.45, 7) is 6.85. The Hall–Kier alpha value is -2.75. The Balaban J connectivity index is 2.45. The number of allylic oxidation sites excluding steroid dienone is 1. The highest BCUT2D eigenvalue weighted by molar-refractivity contribution is 6.07. The van der Waals surface area contributed by atoms with Crippen molar-refractivity contribution in [1.82, 2.24) is 0 Å². The zero-order valence-electron chi connectivity index (χ0n) is 18.0. The van der Waals surface area contributed by atoms with Crippen LogP contribution in [0.3, 0.4) is 0 Å². The van der Waals surface area contributed by atoms with E-state index in [0.717, 1.165) is 48.9 Å². The van der Waals surface area contributed by atoms with Gasteiger partial charge in [-0.1, -0.05) is 33.6 Å². The van der Waals surface area contributed by atoms with E-state index in [0.29, 0.717) is 23.5 Å². The number of anilines is 1. The fourth-order valence-corrected chi connectivity index (χ4v) is 3.30. The molecule has 0 radical (unpaired) electrons. The number of carbonyl (C=O) groups excluding carboxylic acids is 1. The number of phenols is 1. The number of hydrogen-bond acceptors (Lipinski definition) is 4. The Labute approximate surface area is 174 Å². The normalized spacial score (nSPS) is 11.0. The highest BCUT2D eigenvalue weighted by atomic mass is 16.5. The van der Waals surface area contributed by atoms with Gasteiger partial charge in [-0.3, -0.25) is 4.79 Å². The van der Waals surface area contributed by atoms with Crippen molar-refractivity contribution < 1.29 is 14.6 Å². The molecule has 2 N–H and O–H groups in total. The third-order valence-corrected chi connectivity index (χ3v) is 4.79. The summed E-state index contributed by atoms with van der Waals surface area (Å²) in [5, 5.41) is 13.9. The molecule has 0 fully saturated rings. The molecule has 0 amide bonds. The fourth-order valence-electron chi connectivity index (χ4n) is 3.30. The fraction of sp³-hybridized carbons (Fsp3) is 0.400. The van der Waals surface area contributed by atoms with E-state index in [1.54, 1.807) is 18.2 Å². The second kappa shape index (κ2) is 11.3. The molecule has 0 aromatic heterocycles. The van der Waals surface area contributed by atoms with Gasteiger partial charge in [0, 0.05) is 18.3 Å². The average Bonchev–Trinajstić information content (AvgIpc) is 2.74. The first-order chi connectivity index (χ1) is 14.0. The van der Waals surface area contributed by atoms with Crippen molar-refractivity contribution in [1.29, 1.82) is 0 Å². The van der Waals surface area contributed by atoms with Crippen LogP contribution in [0.4, 0.5) is 5.69 Å². The molecule has 2 aromatic rings. The van der Waals surface area contributed by atoms with Crippen LogP contribution in [0.1, 0.15) is 67.1 Å².